The second-order valence-electron chi connectivity index (χ2n) is 11.2. The van der Waals surface area contributed by atoms with Crippen LogP contribution in [0.3, 0.4) is 0 Å². The van der Waals surface area contributed by atoms with Crippen LogP contribution in [0.2, 0.25) is 0 Å². The molecule has 7 rings (SSSR count). The van der Waals surface area contributed by atoms with E-state index < -0.39 is 0 Å². The van der Waals surface area contributed by atoms with Gasteiger partial charge < -0.3 is 15.9 Å². The van der Waals surface area contributed by atoms with E-state index in [4.69, 9.17) is 15.9 Å². The molecular formula is C38H32N6O. The van der Waals surface area contributed by atoms with E-state index in [1.54, 1.807) is 0 Å². The van der Waals surface area contributed by atoms with Crippen molar-refractivity contribution in [2.75, 3.05) is 5.73 Å². The number of rotatable bonds is 5. The smallest absolute Gasteiger partial charge is 0.248 e. The van der Waals surface area contributed by atoms with Crippen LogP contribution in [-0.4, -0.2) is 21.6 Å². The Bertz CT molecular complexity index is 2120. The van der Waals surface area contributed by atoms with E-state index >= 15 is 0 Å². The van der Waals surface area contributed by atoms with Gasteiger partial charge >= 0.3 is 0 Å². The van der Waals surface area contributed by atoms with Crippen LogP contribution < -0.4 is 11.5 Å². The highest BCUT2D eigenvalue weighted by Gasteiger charge is 2.20. The first-order valence-corrected chi connectivity index (χ1v) is 15.0. The standard InChI is InChI=1S/C38H32N6O/c1-24-21-27(17-19-30(24)37-43-44-38(45-37)32-16-8-11-25-9-5-6-15-31(25)32)28-18-20-33(34(40)22-28)36-23-35(41-42-36)26-10-3-2-4-13-29(39)14-7-12-26/h2-3,5-12,14-22H,4,13,23,39-40H2,1H3/b3-2-,12-7-,26-10-,29-14-. The van der Waals surface area contributed by atoms with Crippen molar-refractivity contribution in [1.82, 2.24) is 10.2 Å². The van der Waals surface area contributed by atoms with Crippen LogP contribution in [0.15, 0.2) is 141 Å². The third kappa shape index (κ3) is 5.76. The number of aryl methyl sites for hydroxylation is 1. The molecule has 2 aliphatic rings. The fourth-order valence-corrected chi connectivity index (χ4v) is 5.72. The first kappa shape index (κ1) is 28.0. The number of hydrogen-bond acceptors (Lipinski definition) is 7. The van der Waals surface area contributed by atoms with Crippen molar-refractivity contribution < 1.29 is 4.42 Å². The molecule has 4 aromatic carbocycles. The minimum atomic E-state index is 0.488. The zero-order valence-corrected chi connectivity index (χ0v) is 24.9. The number of anilines is 1. The van der Waals surface area contributed by atoms with Crippen LogP contribution in [0.1, 0.15) is 30.4 Å². The number of fused-ring (bicyclic) bond motifs is 1. The molecular weight excluding hydrogens is 556 g/mol. The van der Waals surface area contributed by atoms with Gasteiger partial charge in [0.15, 0.2) is 0 Å². The van der Waals surface area contributed by atoms with Crippen molar-refractivity contribution in [3.8, 4) is 34.0 Å². The maximum atomic E-state index is 6.59. The summed E-state index contributed by atoms with van der Waals surface area (Å²) in [5.41, 5.74) is 22.7. The van der Waals surface area contributed by atoms with Gasteiger partial charge in [0.05, 0.1) is 11.4 Å². The minimum absolute atomic E-state index is 0.488. The Morgan fingerprint density at radius 1 is 0.711 bits per heavy atom. The van der Waals surface area contributed by atoms with Gasteiger partial charge in [-0.05, 0) is 77.1 Å². The number of nitrogens with zero attached hydrogens (tertiary/aromatic N) is 4. The zero-order chi connectivity index (χ0) is 30.8. The molecule has 0 unspecified atom stereocenters. The third-order valence-corrected chi connectivity index (χ3v) is 8.15. The Kier molecular flexibility index (Phi) is 7.49. The Morgan fingerprint density at radius 2 is 1.47 bits per heavy atom. The van der Waals surface area contributed by atoms with Crippen LogP contribution in [-0.2, 0) is 0 Å². The summed E-state index contributed by atoms with van der Waals surface area (Å²) in [4.78, 5) is 0. The van der Waals surface area contributed by atoms with Crippen molar-refractivity contribution >= 4 is 27.9 Å². The molecule has 0 fully saturated rings. The van der Waals surface area contributed by atoms with Crippen molar-refractivity contribution in [1.29, 1.82) is 0 Å². The first-order chi connectivity index (χ1) is 22.0. The number of allylic oxidation sites excluding steroid dienone is 8. The Labute approximate surface area is 261 Å². The summed E-state index contributed by atoms with van der Waals surface area (Å²) < 4.78 is 6.18. The van der Waals surface area contributed by atoms with Gasteiger partial charge in [-0.1, -0.05) is 91.0 Å². The second kappa shape index (κ2) is 12.1. The first-order valence-electron chi connectivity index (χ1n) is 15.0. The largest absolute Gasteiger partial charge is 0.416 e. The summed E-state index contributed by atoms with van der Waals surface area (Å²) in [7, 11) is 0. The molecule has 0 amide bonds. The lowest BCUT2D eigenvalue weighted by atomic mass is 9.95. The Morgan fingerprint density at radius 3 is 2.31 bits per heavy atom. The summed E-state index contributed by atoms with van der Waals surface area (Å²) in [6.07, 6.45) is 14.5. The van der Waals surface area contributed by atoms with Crippen LogP contribution in [0.25, 0.3) is 44.8 Å². The maximum Gasteiger partial charge on any atom is 0.248 e. The van der Waals surface area contributed by atoms with E-state index in [-0.39, 0.29) is 0 Å². The molecule has 7 nitrogen and oxygen atoms in total. The van der Waals surface area contributed by atoms with Gasteiger partial charge in [0, 0.05) is 34.5 Å². The lowest BCUT2D eigenvalue weighted by Gasteiger charge is -2.10. The van der Waals surface area contributed by atoms with Gasteiger partial charge in [0.25, 0.3) is 0 Å². The molecule has 4 N–H and O–H groups in total. The van der Waals surface area contributed by atoms with Gasteiger partial charge in [-0.25, -0.2) is 0 Å². The highest BCUT2D eigenvalue weighted by atomic mass is 16.4. The molecule has 220 valence electrons. The number of aromatic nitrogens is 2. The van der Waals surface area contributed by atoms with Crippen molar-refractivity contribution in [2.45, 2.75) is 26.2 Å². The summed E-state index contributed by atoms with van der Waals surface area (Å²) >= 11 is 0. The van der Waals surface area contributed by atoms with Gasteiger partial charge in [-0.2, -0.15) is 10.2 Å². The van der Waals surface area contributed by atoms with Crippen molar-refractivity contribution in [3.05, 3.63) is 138 Å². The molecule has 0 bridgehead atoms. The fourth-order valence-electron chi connectivity index (χ4n) is 5.72. The quantitative estimate of drug-likeness (QED) is 0.200. The molecule has 1 aliphatic carbocycles. The highest BCUT2D eigenvalue weighted by molar-refractivity contribution is 6.22. The minimum Gasteiger partial charge on any atom is -0.416 e. The molecule has 0 atom stereocenters. The number of hydrogen-bond donors (Lipinski definition) is 2. The van der Waals surface area contributed by atoms with Crippen molar-refractivity contribution in [3.63, 3.8) is 0 Å². The van der Waals surface area contributed by atoms with Gasteiger partial charge in [0.1, 0.15) is 0 Å². The molecule has 0 spiro atoms. The average molecular weight is 589 g/mol. The van der Waals surface area contributed by atoms with E-state index in [9.17, 15) is 0 Å². The second-order valence-corrected chi connectivity index (χ2v) is 11.2. The molecule has 1 aliphatic heterocycles. The van der Waals surface area contributed by atoms with Crippen LogP contribution in [0, 0.1) is 6.92 Å². The number of nitrogen functional groups attached to an aromatic ring is 1. The van der Waals surface area contributed by atoms with Crippen LogP contribution >= 0.6 is 0 Å². The molecule has 7 heteroatoms. The topological polar surface area (TPSA) is 116 Å². The highest BCUT2D eigenvalue weighted by Crippen LogP contribution is 2.33. The van der Waals surface area contributed by atoms with Crippen LogP contribution in [0.5, 0.6) is 0 Å². The molecule has 1 aromatic heterocycles. The summed E-state index contributed by atoms with van der Waals surface area (Å²) in [5, 5.41) is 20.0. The average Bonchev–Trinajstić information content (AvgIpc) is 3.74. The summed E-state index contributed by atoms with van der Waals surface area (Å²) in [5.74, 6) is 0.990. The molecule has 5 aromatic rings. The predicted octanol–water partition coefficient (Wildman–Crippen LogP) is 8.34. The van der Waals surface area contributed by atoms with Gasteiger partial charge in [-0.3, -0.25) is 0 Å². The third-order valence-electron chi connectivity index (χ3n) is 8.15. The SMILES string of the molecule is Cc1cc(-c2ccc(C3=NN=C(C4=C\C=C/CC/C(N)=C/C=C\4)C3)c(N)c2)ccc1-c1nnc(-c2cccc3ccccc23)o1. The van der Waals surface area contributed by atoms with E-state index in [0.29, 0.717) is 23.9 Å². The number of benzene rings is 4. The number of nitrogens with two attached hydrogens (primary N) is 2. The molecule has 2 heterocycles. The Hall–Kier alpha value is -5.82. The van der Waals surface area contributed by atoms with Gasteiger partial charge in [0.2, 0.25) is 11.8 Å². The predicted molar refractivity (Wildman–Crippen MR) is 184 cm³/mol. The lowest BCUT2D eigenvalue weighted by molar-refractivity contribution is 0.585. The van der Waals surface area contributed by atoms with Crippen LogP contribution in [0.4, 0.5) is 5.69 Å². The zero-order valence-electron chi connectivity index (χ0n) is 24.9. The fraction of sp³-hybridized carbons (Fsp3) is 0.105. The van der Waals surface area contributed by atoms with Gasteiger partial charge in [-0.15, -0.1) is 10.2 Å². The summed E-state index contributed by atoms with van der Waals surface area (Å²) in [6, 6.07) is 26.6. The summed E-state index contributed by atoms with van der Waals surface area (Å²) in [6.45, 7) is 2.05. The van der Waals surface area contributed by atoms with E-state index in [2.05, 4.69) is 75.0 Å². The Balaban J connectivity index is 1.09. The molecule has 0 saturated carbocycles. The molecule has 45 heavy (non-hydrogen) atoms. The van der Waals surface area contributed by atoms with E-state index in [1.807, 2.05) is 67.6 Å². The molecule has 0 radical (unpaired) electrons. The molecule has 0 saturated heterocycles. The van der Waals surface area contributed by atoms with E-state index in [1.165, 1.54) is 0 Å². The normalized spacial score (nSPS) is 18.8. The lowest BCUT2D eigenvalue weighted by Crippen LogP contribution is -2.08. The monoisotopic (exact) mass is 588 g/mol. The maximum absolute atomic E-state index is 6.59. The van der Waals surface area contributed by atoms with E-state index in [0.717, 1.165) is 79.7 Å². The van der Waals surface area contributed by atoms with Crippen molar-refractivity contribution in [2.24, 2.45) is 15.9 Å².